The predicted molar refractivity (Wildman–Crippen MR) is 32.9 cm³/mol. The topological polar surface area (TPSA) is 241 Å². The summed E-state index contributed by atoms with van der Waals surface area (Å²) in [6.07, 6.45) is 0. The van der Waals surface area contributed by atoms with Crippen molar-refractivity contribution in [3.63, 3.8) is 0 Å². The first-order chi connectivity index (χ1) is 6.00. The van der Waals surface area contributed by atoms with Gasteiger partial charge in [0, 0.05) is 0 Å². The van der Waals surface area contributed by atoms with E-state index < -0.39 is 56.9 Å². The molecular weight excluding hydrogens is 818 g/mol. The molecule has 0 unspecified atom stereocenters. The molecule has 0 fully saturated rings. The minimum Gasteiger partial charge on any atom is 3.00 e. The van der Waals surface area contributed by atoms with Crippen LogP contribution in [0.1, 0.15) is 0 Å². The fourth-order valence-electron chi connectivity index (χ4n) is 0. The molecule has 100 valence electrons. The van der Waals surface area contributed by atoms with Crippen LogP contribution in [0, 0.1) is 0 Å². The van der Waals surface area contributed by atoms with Gasteiger partial charge in [-0.15, -0.1) is 0 Å². The first-order valence-corrected chi connectivity index (χ1v) is 13.4. The van der Waals surface area contributed by atoms with Crippen molar-refractivity contribution in [2.24, 2.45) is 0 Å². The van der Waals surface area contributed by atoms with E-state index in [0.717, 1.165) is 0 Å². The van der Waals surface area contributed by atoms with Crippen molar-refractivity contribution < 1.29 is 39.5 Å². The Balaban J connectivity index is -0.0000000400. The van der Waals surface area contributed by atoms with E-state index in [1.807, 2.05) is 0 Å². The van der Waals surface area contributed by atoms with Crippen LogP contribution < -0.4 is 20.8 Å². The molecule has 0 aromatic rings. The van der Waals surface area contributed by atoms with Crippen LogP contribution in [0.5, 0.6) is 0 Å². The van der Waals surface area contributed by atoms with Gasteiger partial charge in [-0.05, 0) is 0 Å². The standard InChI is InChI=1S/3H2O4Te.2Sb/c3*1-5(2,3)4;;/h3*(H2,1,2,3,4);;/q;;;2*+3/p-6. The Morgan fingerprint density at radius 2 is 0.412 bits per heavy atom. The Bertz CT molecular complexity index is 341. The average molecular weight is 818 g/mol. The van der Waals surface area contributed by atoms with Gasteiger partial charge in [0.25, 0.3) is 0 Å². The molecule has 0 aliphatic carbocycles. The van der Waals surface area contributed by atoms with E-state index in [2.05, 4.69) is 0 Å². The minimum atomic E-state index is -6.02. The molecule has 0 spiro atoms. The van der Waals surface area contributed by atoms with Crippen molar-refractivity contribution in [2.75, 3.05) is 0 Å². The van der Waals surface area contributed by atoms with E-state index >= 15 is 0 Å². The van der Waals surface area contributed by atoms with Crippen molar-refractivity contribution in [3.8, 4) is 0 Å². The van der Waals surface area contributed by atoms with E-state index in [1.165, 1.54) is 0 Å². The summed E-state index contributed by atoms with van der Waals surface area (Å²) < 4.78 is 104. The monoisotopic (exact) mass is 823 g/mol. The third-order valence-electron chi connectivity index (χ3n) is 0. The van der Waals surface area contributed by atoms with Gasteiger partial charge in [-0.1, -0.05) is 0 Å². The second kappa shape index (κ2) is 13.5. The summed E-state index contributed by atoms with van der Waals surface area (Å²) in [5, 5.41) is 0. The van der Waals surface area contributed by atoms with Gasteiger partial charge in [0.05, 0.1) is 0 Å². The van der Waals surface area contributed by atoms with E-state index in [9.17, 15) is 0 Å². The van der Waals surface area contributed by atoms with Crippen LogP contribution in [-0.2, 0) is 18.6 Å². The molecule has 0 saturated carbocycles. The third-order valence-corrected chi connectivity index (χ3v) is 0. The van der Waals surface area contributed by atoms with Crippen molar-refractivity contribution >= 4 is 106 Å². The molecule has 0 aromatic heterocycles. The van der Waals surface area contributed by atoms with Gasteiger partial charge >= 0.3 is 145 Å². The SMILES string of the molecule is O=[Te](=O)([O-])[O-].O=[Te](=O)([O-])[O-].O=[Te](=O)([O-])[O-].[Sb+3].[Sb+3]. The number of rotatable bonds is 0. The molecule has 0 aromatic carbocycles. The maximum absolute atomic E-state index is 8.63. The zero-order valence-electron chi connectivity index (χ0n) is 7.02. The van der Waals surface area contributed by atoms with E-state index in [1.54, 1.807) is 0 Å². The molecule has 0 atom stereocenters. The van der Waals surface area contributed by atoms with Crippen LogP contribution >= 0.6 is 0 Å². The summed E-state index contributed by atoms with van der Waals surface area (Å²) in [7, 11) is 0. The fourth-order valence-corrected chi connectivity index (χ4v) is 0. The van der Waals surface area contributed by atoms with Gasteiger partial charge < -0.3 is 0 Å². The second-order valence-corrected chi connectivity index (χ2v) is 8.22. The molecule has 0 rings (SSSR count). The van der Waals surface area contributed by atoms with Gasteiger partial charge in [0.2, 0.25) is 0 Å². The molecule has 0 heterocycles. The van der Waals surface area contributed by atoms with Gasteiger partial charge in [0.1, 0.15) is 0 Å². The number of hydrogen-bond acceptors (Lipinski definition) is 12. The maximum Gasteiger partial charge on any atom is 3.00 e. The number of hydrogen-bond donors (Lipinski definition) is 0. The zero-order valence-corrected chi connectivity index (χ0v) is 19.1. The summed E-state index contributed by atoms with van der Waals surface area (Å²) in [5.74, 6) is 0. The van der Waals surface area contributed by atoms with Crippen LogP contribution in [0.4, 0.5) is 0 Å². The van der Waals surface area contributed by atoms with E-state index in [-0.39, 0.29) is 48.9 Å². The van der Waals surface area contributed by atoms with Gasteiger partial charge in [-0.25, -0.2) is 0 Å². The van der Waals surface area contributed by atoms with Crippen LogP contribution in [0.25, 0.3) is 0 Å². The Labute approximate surface area is 142 Å². The molecule has 0 bridgehead atoms. The first-order valence-electron chi connectivity index (χ1n) is 2.00. The summed E-state index contributed by atoms with van der Waals surface area (Å²) in [6.45, 7) is 0. The van der Waals surface area contributed by atoms with Crippen molar-refractivity contribution in [1.29, 1.82) is 0 Å². The smallest absolute Gasteiger partial charge is 3.00 e. The molecule has 12 nitrogen and oxygen atoms in total. The molecular formula is O12Sb2Te3. The molecule has 17 heavy (non-hydrogen) atoms. The Hall–Kier alpha value is 2.57. The van der Waals surface area contributed by atoms with Crippen LogP contribution in [0.3, 0.4) is 0 Å². The predicted octanol–water partition coefficient (Wildman–Crippen LogP) is -9.75. The van der Waals surface area contributed by atoms with Crippen molar-refractivity contribution in [3.05, 3.63) is 0 Å². The molecule has 0 saturated heterocycles. The van der Waals surface area contributed by atoms with Gasteiger partial charge in [-0.3, -0.25) is 0 Å². The minimum absolute atomic E-state index is 0. The maximum atomic E-state index is 8.63. The molecule has 0 N–H and O–H groups in total. The Kier molecular flexibility index (Phi) is 25.3. The van der Waals surface area contributed by atoms with E-state index in [4.69, 9.17) is 39.5 Å². The van der Waals surface area contributed by atoms with Crippen molar-refractivity contribution in [1.82, 2.24) is 0 Å². The normalized spacial score (nSPS) is 10.2. The average Bonchev–Trinajstić information content (AvgIpc) is 1.41. The van der Waals surface area contributed by atoms with Gasteiger partial charge in [0.15, 0.2) is 0 Å². The Morgan fingerprint density at radius 3 is 0.412 bits per heavy atom. The summed E-state index contributed by atoms with van der Waals surface area (Å²) in [5.41, 5.74) is 0. The fraction of sp³-hybridized carbons (Fsp3) is 0. The molecule has 0 aliphatic heterocycles. The zero-order chi connectivity index (χ0) is 13.5. The van der Waals surface area contributed by atoms with Gasteiger partial charge in [-0.2, -0.15) is 0 Å². The quantitative estimate of drug-likeness (QED) is 0.207. The summed E-state index contributed by atoms with van der Waals surface area (Å²) in [6, 6.07) is 0. The van der Waals surface area contributed by atoms with E-state index in [0.29, 0.717) is 0 Å². The van der Waals surface area contributed by atoms with Crippen LogP contribution in [-0.4, -0.2) is 106 Å². The molecule has 4 radical (unpaired) electrons. The van der Waals surface area contributed by atoms with Crippen molar-refractivity contribution in [2.45, 2.75) is 0 Å². The summed E-state index contributed by atoms with van der Waals surface area (Å²) in [4.78, 5) is 0. The first kappa shape index (κ1) is 31.8. The third kappa shape index (κ3) is 774. The van der Waals surface area contributed by atoms with Crippen LogP contribution in [0.15, 0.2) is 0 Å². The van der Waals surface area contributed by atoms with Crippen LogP contribution in [0.2, 0.25) is 0 Å². The second-order valence-electron chi connectivity index (χ2n) is 1.22. The molecule has 0 aliphatic rings. The largest absolute Gasteiger partial charge is 3.00 e. The molecule has 0 amide bonds. The Morgan fingerprint density at radius 1 is 0.412 bits per heavy atom. The molecule has 17 heteroatoms. The summed E-state index contributed by atoms with van der Waals surface area (Å²) >= 11 is -18.1.